The maximum Gasteiger partial charge on any atom is 0.336 e. The van der Waals surface area contributed by atoms with Gasteiger partial charge in [-0.25, -0.2) is 4.79 Å². The zero-order valence-corrected chi connectivity index (χ0v) is 15.6. The number of hydrogen-bond donors (Lipinski definition) is 1. The second-order valence-corrected chi connectivity index (χ2v) is 7.17. The quantitative estimate of drug-likeness (QED) is 0.713. The van der Waals surface area contributed by atoms with Crippen LogP contribution in [0.1, 0.15) is 27.2 Å². The summed E-state index contributed by atoms with van der Waals surface area (Å²) in [5, 5.41) is 0.999. The van der Waals surface area contributed by atoms with Crippen LogP contribution in [0.25, 0.3) is 11.0 Å². The first-order valence-corrected chi connectivity index (χ1v) is 9.22. The van der Waals surface area contributed by atoms with E-state index in [0.29, 0.717) is 24.4 Å². The lowest BCUT2D eigenvalue weighted by Crippen LogP contribution is -3.13. The van der Waals surface area contributed by atoms with Crippen LogP contribution in [0.2, 0.25) is 0 Å². The summed E-state index contributed by atoms with van der Waals surface area (Å²) in [6, 6.07) is 9.12. The molecule has 27 heavy (non-hydrogen) atoms. The third-order valence-electron chi connectivity index (χ3n) is 5.45. The predicted octanol–water partition coefficient (Wildman–Crippen LogP) is 1.54. The highest BCUT2D eigenvalue weighted by molar-refractivity contribution is 5.91. The zero-order valence-electron chi connectivity index (χ0n) is 15.6. The summed E-state index contributed by atoms with van der Waals surface area (Å²) in [4.78, 5) is 27.6. The molecule has 0 radical (unpaired) electrons. The van der Waals surface area contributed by atoms with Crippen molar-refractivity contribution in [2.24, 2.45) is 0 Å². The molecule has 1 N–H and O–H groups in total. The molecule has 0 saturated carbocycles. The van der Waals surface area contributed by atoms with Gasteiger partial charge in [-0.2, -0.15) is 0 Å². The standard InChI is InChI=1S/C21H22N2O4/c1-14-5-6-17-16(12-19(24)27-20(17)15(14)2)13-22-7-9-23(10-8-22)21(25)18-4-3-11-26-18/h3-6,11-12H,7-10,13H2,1-2H3/p+1. The van der Waals surface area contributed by atoms with Crippen LogP contribution >= 0.6 is 0 Å². The SMILES string of the molecule is Cc1ccc2c(C[NH+]3CCN(C(=O)c4ccco4)CC3)cc(=O)oc2c1C. The van der Waals surface area contributed by atoms with Crippen molar-refractivity contribution in [2.75, 3.05) is 26.2 Å². The molecule has 0 spiro atoms. The van der Waals surface area contributed by atoms with Crippen LogP contribution in [-0.2, 0) is 6.54 Å². The van der Waals surface area contributed by atoms with Crippen molar-refractivity contribution in [1.29, 1.82) is 0 Å². The zero-order chi connectivity index (χ0) is 19.0. The molecule has 0 aliphatic carbocycles. The van der Waals surface area contributed by atoms with E-state index in [-0.39, 0.29) is 11.5 Å². The van der Waals surface area contributed by atoms with Crippen LogP contribution in [0.4, 0.5) is 0 Å². The average Bonchev–Trinajstić information content (AvgIpc) is 3.20. The number of fused-ring (bicyclic) bond motifs is 1. The van der Waals surface area contributed by atoms with E-state index < -0.39 is 0 Å². The van der Waals surface area contributed by atoms with Gasteiger partial charge in [0.25, 0.3) is 5.91 Å². The summed E-state index contributed by atoms with van der Waals surface area (Å²) < 4.78 is 10.7. The molecule has 6 nitrogen and oxygen atoms in total. The first-order chi connectivity index (χ1) is 13.0. The Labute approximate surface area is 157 Å². The van der Waals surface area contributed by atoms with Crippen molar-refractivity contribution in [3.8, 4) is 0 Å². The molecule has 0 atom stereocenters. The number of nitrogens with one attached hydrogen (secondary N) is 1. The maximum atomic E-state index is 12.4. The Morgan fingerprint density at radius 3 is 2.67 bits per heavy atom. The Kier molecular flexibility index (Phi) is 4.58. The summed E-state index contributed by atoms with van der Waals surface area (Å²) in [6.45, 7) is 7.75. The molecule has 1 aliphatic rings. The van der Waals surface area contributed by atoms with E-state index in [1.54, 1.807) is 18.2 Å². The third kappa shape index (κ3) is 3.40. The topological polar surface area (TPSA) is 68.1 Å². The van der Waals surface area contributed by atoms with Gasteiger partial charge < -0.3 is 18.6 Å². The normalized spacial score (nSPS) is 15.4. The molecule has 0 unspecified atom stereocenters. The molecule has 1 saturated heterocycles. The van der Waals surface area contributed by atoms with Gasteiger partial charge in [0, 0.05) is 17.0 Å². The highest BCUT2D eigenvalue weighted by Crippen LogP contribution is 2.22. The molecule has 4 rings (SSSR count). The molecule has 1 fully saturated rings. The van der Waals surface area contributed by atoms with Gasteiger partial charge in [-0.3, -0.25) is 4.79 Å². The molecule has 1 amide bonds. The summed E-state index contributed by atoms with van der Waals surface area (Å²) in [6.07, 6.45) is 1.52. The van der Waals surface area contributed by atoms with E-state index in [4.69, 9.17) is 8.83 Å². The second-order valence-electron chi connectivity index (χ2n) is 7.17. The van der Waals surface area contributed by atoms with Crippen molar-refractivity contribution >= 4 is 16.9 Å². The van der Waals surface area contributed by atoms with Gasteiger partial charge in [0.05, 0.1) is 32.4 Å². The van der Waals surface area contributed by atoms with E-state index in [1.165, 1.54) is 11.2 Å². The van der Waals surface area contributed by atoms with Crippen molar-refractivity contribution < 1.29 is 18.5 Å². The lowest BCUT2D eigenvalue weighted by atomic mass is 10.0. The van der Waals surface area contributed by atoms with Gasteiger partial charge in [0.2, 0.25) is 0 Å². The van der Waals surface area contributed by atoms with Gasteiger partial charge in [-0.1, -0.05) is 12.1 Å². The first-order valence-electron chi connectivity index (χ1n) is 9.22. The van der Waals surface area contributed by atoms with Crippen LogP contribution in [-0.4, -0.2) is 37.0 Å². The van der Waals surface area contributed by atoms with Crippen molar-refractivity contribution in [1.82, 2.24) is 4.90 Å². The predicted molar refractivity (Wildman–Crippen MR) is 101 cm³/mol. The van der Waals surface area contributed by atoms with Gasteiger partial charge in [0.15, 0.2) is 5.76 Å². The lowest BCUT2D eigenvalue weighted by Gasteiger charge is -2.31. The van der Waals surface area contributed by atoms with Crippen LogP contribution in [0.15, 0.2) is 50.2 Å². The Bertz CT molecular complexity index is 1030. The minimum atomic E-state index is -0.308. The Balaban J connectivity index is 1.50. The lowest BCUT2D eigenvalue weighted by molar-refractivity contribution is -0.917. The largest absolute Gasteiger partial charge is 0.459 e. The van der Waals surface area contributed by atoms with Crippen LogP contribution in [0.5, 0.6) is 0 Å². The molecule has 1 aromatic carbocycles. The molecule has 140 valence electrons. The highest BCUT2D eigenvalue weighted by Gasteiger charge is 2.26. The number of benzene rings is 1. The van der Waals surface area contributed by atoms with Crippen molar-refractivity contribution in [2.45, 2.75) is 20.4 Å². The first kappa shape index (κ1) is 17.5. The Hall–Kier alpha value is -2.86. The number of quaternary nitrogens is 1. The van der Waals surface area contributed by atoms with Gasteiger partial charge in [0.1, 0.15) is 12.1 Å². The summed E-state index contributed by atoms with van der Waals surface area (Å²) >= 11 is 0. The molecule has 3 aromatic rings. The molecular weight excluding hydrogens is 344 g/mol. The molecular formula is C21H23N2O4+. The number of furan rings is 1. The number of aryl methyl sites for hydroxylation is 2. The minimum Gasteiger partial charge on any atom is -0.459 e. The molecule has 1 aliphatic heterocycles. The third-order valence-corrected chi connectivity index (χ3v) is 5.45. The average molecular weight is 367 g/mol. The van der Waals surface area contributed by atoms with E-state index in [0.717, 1.165) is 41.7 Å². The fourth-order valence-electron chi connectivity index (χ4n) is 3.70. The van der Waals surface area contributed by atoms with E-state index in [9.17, 15) is 9.59 Å². The highest BCUT2D eigenvalue weighted by atomic mass is 16.4. The maximum absolute atomic E-state index is 12.4. The van der Waals surface area contributed by atoms with Gasteiger partial charge in [-0.05, 0) is 37.1 Å². The summed E-state index contributed by atoms with van der Waals surface area (Å²) in [5.41, 5.74) is 3.50. The van der Waals surface area contributed by atoms with E-state index >= 15 is 0 Å². The van der Waals surface area contributed by atoms with Crippen LogP contribution in [0.3, 0.4) is 0 Å². The van der Waals surface area contributed by atoms with Gasteiger partial charge in [-0.15, -0.1) is 0 Å². The molecule has 6 heteroatoms. The smallest absolute Gasteiger partial charge is 0.336 e. The summed E-state index contributed by atoms with van der Waals surface area (Å²) in [7, 11) is 0. The number of hydrogen-bond acceptors (Lipinski definition) is 4. The fourth-order valence-corrected chi connectivity index (χ4v) is 3.70. The number of nitrogens with zero attached hydrogens (tertiary/aromatic N) is 1. The van der Waals surface area contributed by atoms with Gasteiger partial charge >= 0.3 is 5.63 Å². The van der Waals surface area contributed by atoms with Crippen LogP contribution in [0, 0.1) is 13.8 Å². The van der Waals surface area contributed by atoms with E-state index in [1.807, 2.05) is 24.8 Å². The monoisotopic (exact) mass is 367 g/mol. The number of amides is 1. The van der Waals surface area contributed by atoms with Crippen molar-refractivity contribution in [3.05, 3.63) is 69.5 Å². The van der Waals surface area contributed by atoms with Crippen LogP contribution < -0.4 is 10.5 Å². The second kappa shape index (κ2) is 7.04. The summed E-state index contributed by atoms with van der Waals surface area (Å²) in [5.74, 6) is 0.326. The number of carbonyl (C=O) groups is 1. The Morgan fingerprint density at radius 2 is 1.96 bits per heavy atom. The molecule has 0 bridgehead atoms. The van der Waals surface area contributed by atoms with Crippen molar-refractivity contribution in [3.63, 3.8) is 0 Å². The minimum absolute atomic E-state index is 0.0593. The number of carbonyl (C=O) groups excluding carboxylic acids is 1. The molecule has 2 aromatic heterocycles. The Morgan fingerprint density at radius 1 is 1.19 bits per heavy atom. The fraction of sp³-hybridized carbons (Fsp3) is 0.333. The van der Waals surface area contributed by atoms with E-state index in [2.05, 4.69) is 6.07 Å². The molecule has 3 heterocycles. The number of piperazine rings is 1. The number of rotatable bonds is 3.